The van der Waals surface area contributed by atoms with E-state index in [0.29, 0.717) is 41.9 Å². The number of nitrogens with zero attached hydrogens (tertiary/aromatic N) is 4. The summed E-state index contributed by atoms with van der Waals surface area (Å²) >= 11 is 0. The number of aromatic nitrogens is 4. The molecule has 0 saturated heterocycles. The van der Waals surface area contributed by atoms with Crippen LogP contribution in [0.15, 0.2) is 47.5 Å². The van der Waals surface area contributed by atoms with Crippen molar-refractivity contribution in [1.82, 2.24) is 25.4 Å². The summed E-state index contributed by atoms with van der Waals surface area (Å²) in [5, 5.41) is 12.6. The Morgan fingerprint density at radius 3 is 2.76 bits per heavy atom. The second-order valence-corrected chi connectivity index (χ2v) is 5.11. The number of nitrogens with one attached hydrogen (secondary N) is 3. The fourth-order valence-corrected chi connectivity index (χ4v) is 2.07. The second-order valence-electron chi connectivity index (χ2n) is 5.11. The van der Waals surface area contributed by atoms with E-state index in [0.717, 1.165) is 0 Å². The maximum absolute atomic E-state index is 11.9. The summed E-state index contributed by atoms with van der Waals surface area (Å²) in [5.41, 5.74) is 0.434. The lowest BCUT2D eigenvalue weighted by Crippen LogP contribution is -2.29. The molecule has 0 radical (unpaired) electrons. The van der Waals surface area contributed by atoms with Gasteiger partial charge in [0.2, 0.25) is 0 Å². The molecule has 9 heteroatoms. The van der Waals surface area contributed by atoms with Gasteiger partial charge >= 0.3 is 0 Å². The molecule has 128 valence electrons. The van der Waals surface area contributed by atoms with Crippen molar-refractivity contribution in [3.05, 3.63) is 54.3 Å². The van der Waals surface area contributed by atoms with Gasteiger partial charge in [-0.15, -0.1) is 0 Å². The molecule has 3 N–H and O–H groups in total. The van der Waals surface area contributed by atoms with Gasteiger partial charge in [-0.3, -0.25) is 4.79 Å². The van der Waals surface area contributed by atoms with E-state index in [2.05, 4.69) is 36.1 Å². The fourth-order valence-electron chi connectivity index (χ4n) is 2.07. The molecule has 0 aliphatic carbocycles. The molecule has 0 aromatic carbocycles. The molecular weight excluding hydrogens is 322 g/mol. The van der Waals surface area contributed by atoms with E-state index < -0.39 is 0 Å². The highest BCUT2D eigenvalue weighted by Crippen LogP contribution is 2.13. The number of carbonyl (C=O) groups excluding carboxylic acids is 1. The van der Waals surface area contributed by atoms with E-state index in [1.54, 1.807) is 19.2 Å². The van der Waals surface area contributed by atoms with Crippen molar-refractivity contribution < 1.29 is 9.32 Å². The van der Waals surface area contributed by atoms with Crippen molar-refractivity contribution >= 4 is 23.4 Å². The molecule has 3 heterocycles. The number of rotatable bonds is 7. The average molecular weight is 339 g/mol. The highest BCUT2D eigenvalue weighted by molar-refractivity contribution is 5.94. The quantitative estimate of drug-likeness (QED) is 0.557. The smallest absolute Gasteiger partial charge is 0.256 e. The maximum atomic E-state index is 11.9. The van der Waals surface area contributed by atoms with Gasteiger partial charge < -0.3 is 20.5 Å². The van der Waals surface area contributed by atoms with Crippen LogP contribution in [-0.4, -0.2) is 39.1 Å². The summed E-state index contributed by atoms with van der Waals surface area (Å²) in [5.74, 6) is 2.24. The van der Waals surface area contributed by atoms with Gasteiger partial charge in [-0.05, 0) is 19.1 Å². The number of anilines is 3. The third-order valence-corrected chi connectivity index (χ3v) is 3.30. The second kappa shape index (κ2) is 7.86. The predicted octanol–water partition coefficient (Wildman–Crippen LogP) is 1.75. The zero-order chi connectivity index (χ0) is 17.5. The molecule has 9 nitrogen and oxygen atoms in total. The van der Waals surface area contributed by atoms with Gasteiger partial charge in [-0.1, -0.05) is 11.2 Å². The molecule has 25 heavy (non-hydrogen) atoms. The molecule has 0 spiro atoms. The highest BCUT2D eigenvalue weighted by Gasteiger charge is 2.11. The van der Waals surface area contributed by atoms with Gasteiger partial charge in [0.1, 0.15) is 35.1 Å². The number of hydrogen-bond acceptors (Lipinski definition) is 8. The van der Waals surface area contributed by atoms with Crippen LogP contribution in [0.1, 0.15) is 16.1 Å². The Hall–Kier alpha value is -3.49. The van der Waals surface area contributed by atoms with Crippen LogP contribution in [0.4, 0.5) is 17.5 Å². The highest BCUT2D eigenvalue weighted by atomic mass is 16.5. The standard InChI is InChI=1S/C16H17N7O2/c1-11-12(9-22-25-11)16(24)19-7-6-18-14-8-15(21-10-20-14)23-13-4-2-3-5-17-13/h2-5,8-10H,6-7H2,1H3,(H,19,24)(H2,17,18,20,21,23). The number of pyridine rings is 1. The van der Waals surface area contributed by atoms with Crippen molar-refractivity contribution in [2.75, 3.05) is 23.7 Å². The maximum Gasteiger partial charge on any atom is 0.256 e. The first-order valence-electron chi connectivity index (χ1n) is 7.66. The van der Waals surface area contributed by atoms with E-state index in [-0.39, 0.29) is 5.91 Å². The van der Waals surface area contributed by atoms with Crippen molar-refractivity contribution in [2.24, 2.45) is 0 Å². The first-order chi connectivity index (χ1) is 12.2. The predicted molar refractivity (Wildman–Crippen MR) is 91.6 cm³/mol. The van der Waals surface area contributed by atoms with E-state index >= 15 is 0 Å². The van der Waals surface area contributed by atoms with Crippen LogP contribution in [-0.2, 0) is 0 Å². The van der Waals surface area contributed by atoms with Crippen molar-refractivity contribution in [3.63, 3.8) is 0 Å². The molecule has 1 amide bonds. The number of amides is 1. The van der Waals surface area contributed by atoms with E-state index in [4.69, 9.17) is 4.52 Å². The largest absolute Gasteiger partial charge is 0.368 e. The average Bonchev–Trinajstić information content (AvgIpc) is 3.06. The third kappa shape index (κ3) is 4.50. The summed E-state index contributed by atoms with van der Waals surface area (Å²) in [6, 6.07) is 7.33. The van der Waals surface area contributed by atoms with E-state index in [1.165, 1.54) is 12.5 Å². The molecule has 0 unspecified atom stereocenters. The minimum atomic E-state index is -0.222. The summed E-state index contributed by atoms with van der Waals surface area (Å²) in [4.78, 5) is 24.4. The van der Waals surface area contributed by atoms with Crippen LogP contribution >= 0.6 is 0 Å². The van der Waals surface area contributed by atoms with Crippen LogP contribution in [0.25, 0.3) is 0 Å². The van der Waals surface area contributed by atoms with Gasteiger partial charge in [-0.25, -0.2) is 15.0 Å². The third-order valence-electron chi connectivity index (χ3n) is 3.30. The lowest BCUT2D eigenvalue weighted by molar-refractivity contribution is 0.0953. The SMILES string of the molecule is Cc1oncc1C(=O)NCCNc1cc(Nc2ccccn2)ncn1. The summed E-state index contributed by atoms with van der Waals surface area (Å²) in [6.07, 6.45) is 4.55. The number of carbonyl (C=O) groups is 1. The zero-order valence-corrected chi connectivity index (χ0v) is 13.6. The Bertz CT molecular complexity index is 835. The monoisotopic (exact) mass is 339 g/mol. The molecule has 3 aromatic heterocycles. The van der Waals surface area contributed by atoms with Crippen LogP contribution in [0.2, 0.25) is 0 Å². The van der Waals surface area contributed by atoms with Gasteiger partial charge in [-0.2, -0.15) is 0 Å². The first-order valence-corrected chi connectivity index (χ1v) is 7.66. The molecular formula is C16H17N7O2. The molecule has 3 rings (SSSR count). The molecule has 0 fully saturated rings. The van der Waals surface area contributed by atoms with Gasteiger partial charge in [0.25, 0.3) is 5.91 Å². The lowest BCUT2D eigenvalue weighted by Gasteiger charge is -2.08. The van der Waals surface area contributed by atoms with Gasteiger partial charge in [0.15, 0.2) is 0 Å². The summed E-state index contributed by atoms with van der Waals surface area (Å²) in [7, 11) is 0. The Labute approximate surface area is 143 Å². The Kier molecular flexibility index (Phi) is 5.15. The van der Waals surface area contributed by atoms with Crippen LogP contribution in [0, 0.1) is 6.92 Å². The van der Waals surface area contributed by atoms with Crippen molar-refractivity contribution in [3.8, 4) is 0 Å². The topological polar surface area (TPSA) is 118 Å². The molecule has 0 aliphatic heterocycles. The molecule has 0 saturated carbocycles. The normalized spacial score (nSPS) is 10.3. The van der Waals surface area contributed by atoms with Crippen molar-refractivity contribution in [1.29, 1.82) is 0 Å². The van der Waals surface area contributed by atoms with Crippen LogP contribution in [0.3, 0.4) is 0 Å². The Balaban J connectivity index is 1.48. The summed E-state index contributed by atoms with van der Waals surface area (Å²) in [6.45, 7) is 2.63. The molecule has 0 bridgehead atoms. The Morgan fingerprint density at radius 2 is 2.00 bits per heavy atom. The summed E-state index contributed by atoms with van der Waals surface area (Å²) < 4.78 is 4.87. The minimum absolute atomic E-state index is 0.222. The fraction of sp³-hybridized carbons (Fsp3) is 0.188. The molecule has 0 aliphatic rings. The Morgan fingerprint density at radius 1 is 1.12 bits per heavy atom. The van der Waals surface area contributed by atoms with E-state index in [9.17, 15) is 4.79 Å². The van der Waals surface area contributed by atoms with Gasteiger partial charge in [0, 0.05) is 25.4 Å². The van der Waals surface area contributed by atoms with Crippen molar-refractivity contribution in [2.45, 2.75) is 6.92 Å². The lowest BCUT2D eigenvalue weighted by atomic mass is 10.2. The first kappa shape index (κ1) is 16.4. The minimum Gasteiger partial charge on any atom is -0.368 e. The number of aryl methyl sites for hydroxylation is 1. The van der Waals surface area contributed by atoms with Gasteiger partial charge in [0.05, 0.1) is 6.20 Å². The van der Waals surface area contributed by atoms with Crippen LogP contribution in [0.5, 0.6) is 0 Å². The molecule has 0 atom stereocenters. The zero-order valence-electron chi connectivity index (χ0n) is 13.6. The van der Waals surface area contributed by atoms with E-state index in [1.807, 2.05) is 18.2 Å². The molecule has 3 aromatic rings. The van der Waals surface area contributed by atoms with Crippen LogP contribution < -0.4 is 16.0 Å². The number of hydrogen-bond donors (Lipinski definition) is 3.